The normalized spacial score (nSPS) is 10.9. The number of thiophene rings is 1. The van der Waals surface area contributed by atoms with Gasteiger partial charge in [0.05, 0.1) is 0 Å². The maximum atomic E-state index is 5.75. The van der Waals surface area contributed by atoms with Crippen LogP contribution in [0.3, 0.4) is 0 Å². The summed E-state index contributed by atoms with van der Waals surface area (Å²) in [6.45, 7) is 1.80. The van der Waals surface area contributed by atoms with Gasteiger partial charge in [0.25, 0.3) is 0 Å². The standard InChI is InChI=1S/C16H21NOS/c1-17(2)11-3-5-14-7-9-15(10-8-14)18-13-16-6-4-12-19-16/h4,6-10,12H,3,5,11,13H2,1-2H3. The zero-order chi connectivity index (χ0) is 13.5. The highest BCUT2D eigenvalue weighted by Gasteiger charge is 1.98. The van der Waals surface area contributed by atoms with Crippen molar-refractivity contribution in [1.82, 2.24) is 4.90 Å². The summed E-state index contributed by atoms with van der Waals surface area (Å²) in [5, 5.41) is 2.08. The molecular formula is C16H21NOS. The lowest BCUT2D eigenvalue weighted by Crippen LogP contribution is -2.13. The van der Waals surface area contributed by atoms with E-state index in [1.54, 1.807) is 11.3 Å². The Morgan fingerprint density at radius 3 is 2.53 bits per heavy atom. The van der Waals surface area contributed by atoms with Crippen LogP contribution < -0.4 is 4.74 Å². The second-order valence-corrected chi connectivity index (χ2v) is 5.95. The maximum Gasteiger partial charge on any atom is 0.122 e. The van der Waals surface area contributed by atoms with Gasteiger partial charge < -0.3 is 9.64 Å². The van der Waals surface area contributed by atoms with Crippen LogP contribution in [0.25, 0.3) is 0 Å². The van der Waals surface area contributed by atoms with Crippen LogP contribution in [0.1, 0.15) is 16.9 Å². The summed E-state index contributed by atoms with van der Waals surface area (Å²) in [6, 6.07) is 12.6. The maximum absolute atomic E-state index is 5.75. The number of benzene rings is 1. The van der Waals surface area contributed by atoms with Crippen molar-refractivity contribution >= 4 is 11.3 Å². The number of ether oxygens (including phenoxy) is 1. The highest BCUT2D eigenvalue weighted by Crippen LogP contribution is 2.17. The Hall–Kier alpha value is -1.32. The van der Waals surface area contributed by atoms with Crippen molar-refractivity contribution in [3.05, 3.63) is 52.2 Å². The van der Waals surface area contributed by atoms with Gasteiger partial charge in [0.15, 0.2) is 0 Å². The molecule has 1 heterocycles. The number of aryl methyl sites for hydroxylation is 1. The fourth-order valence-corrected chi connectivity index (χ4v) is 2.52. The van der Waals surface area contributed by atoms with E-state index in [0.29, 0.717) is 6.61 Å². The van der Waals surface area contributed by atoms with E-state index in [1.807, 2.05) is 0 Å². The van der Waals surface area contributed by atoms with Crippen LogP contribution in [0.2, 0.25) is 0 Å². The molecule has 0 unspecified atom stereocenters. The molecule has 0 saturated carbocycles. The van der Waals surface area contributed by atoms with Gasteiger partial charge in [0.2, 0.25) is 0 Å². The molecule has 0 aliphatic heterocycles. The molecule has 0 saturated heterocycles. The number of rotatable bonds is 7. The van der Waals surface area contributed by atoms with E-state index in [0.717, 1.165) is 18.7 Å². The van der Waals surface area contributed by atoms with Crippen LogP contribution in [0, 0.1) is 0 Å². The number of nitrogens with zero attached hydrogens (tertiary/aromatic N) is 1. The lowest BCUT2D eigenvalue weighted by Gasteiger charge is -2.09. The second kappa shape index (κ2) is 7.31. The quantitative estimate of drug-likeness (QED) is 0.761. The molecular weight excluding hydrogens is 254 g/mol. The van der Waals surface area contributed by atoms with Crippen LogP contribution in [0.15, 0.2) is 41.8 Å². The lowest BCUT2D eigenvalue weighted by atomic mass is 10.1. The molecule has 102 valence electrons. The van der Waals surface area contributed by atoms with Gasteiger partial charge >= 0.3 is 0 Å². The summed E-state index contributed by atoms with van der Waals surface area (Å²) in [4.78, 5) is 3.48. The average Bonchev–Trinajstić information content (AvgIpc) is 2.90. The molecule has 0 N–H and O–H groups in total. The van der Waals surface area contributed by atoms with Gasteiger partial charge in [-0.05, 0) is 62.6 Å². The monoisotopic (exact) mass is 275 g/mol. The predicted molar refractivity (Wildman–Crippen MR) is 82.0 cm³/mol. The van der Waals surface area contributed by atoms with E-state index in [4.69, 9.17) is 4.74 Å². The molecule has 1 aromatic heterocycles. The van der Waals surface area contributed by atoms with Crippen molar-refractivity contribution in [2.75, 3.05) is 20.6 Å². The minimum atomic E-state index is 0.664. The van der Waals surface area contributed by atoms with Crippen molar-refractivity contribution in [2.45, 2.75) is 19.4 Å². The molecule has 0 bridgehead atoms. The van der Waals surface area contributed by atoms with Crippen molar-refractivity contribution in [2.24, 2.45) is 0 Å². The lowest BCUT2D eigenvalue weighted by molar-refractivity contribution is 0.309. The van der Waals surface area contributed by atoms with Gasteiger partial charge in [-0.25, -0.2) is 0 Å². The minimum absolute atomic E-state index is 0.664. The Labute approximate surface area is 119 Å². The summed E-state index contributed by atoms with van der Waals surface area (Å²) in [7, 11) is 4.23. The van der Waals surface area contributed by atoms with Crippen molar-refractivity contribution < 1.29 is 4.74 Å². The van der Waals surface area contributed by atoms with Crippen molar-refractivity contribution in [3.8, 4) is 5.75 Å². The molecule has 2 rings (SSSR count). The first-order chi connectivity index (χ1) is 9.24. The molecule has 1 aromatic carbocycles. The number of hydrogen-bond acceptors (Lipinski definition) is 3. The summed E-state index contributed by atoms with van der Waals surface area (Å²) in [5.74, 6) is 0.949. The summed E-state index contributed by atoms with van der Waals surface area (Å²) in [5.41, 5.74) is 1.38. The van der Waals surface area contributed by atoms with Gasteiger partial charge in [-0.15, -0.1) is 11.3 Å². The van der Waals surface area contributed by atoms with Crippen LogP contribution in [-0.2, 0) is 13.0 Å². The summed E-state index contributed by atoms with van der Waals surface area (Å²) >= 11 is 1.73. The van der Waals surface area contributed by atoms with Gasteiger partial charge in [0.1, 0.15) is 12.4 Å². The third kappa shape index (κ3) is 5.05. The van der Waals surface area contributed by atoms with Gasteiger partial charge in [-0.1, -0.05) is 18.2 Å². The minimum Gasteiger partial charge on any atom is -0.488 e. The predicted octanol–water partition coefficient (Wildman–Crippen LogP) is 3.82. The Morgan fingerprint density at radius 2 is 1.89 bits per heavy atom. The smallest absolute Gasteiger partial charge is 0.122 e. The van der Waals surface area contributed by atoms with E-state index >= 15 is 0 Å². The second-order valence-electron chi connectivity index (χ2n) is 4.92. The van der Waals surface area contributed by atoms with Crippen LogP contribution >= 0.6 is 11.3 Å². The Bertz CT molecular complexity index is 462. The topological polar surface area (TPSA) is 12.5 Å². The highest BCUT2D eigenvalue weighted by atomic mass is 32.1. The molecule has 0 aliphatic rings. The molecule has 0 amide bonds. The molecule has 0 atom stereocenters. The fourth-order valence-electron chi connectivity index (χ4n) is 1.90. The zero-order valence-corrected chi connectivity index (χ0v) is 12.5. The Morgan fingerprint density at radius 1 is 1.11 bits per heavy atom. The van der Waals surface area contributed by atoms with Gasteiger partial charge in [0, 0.05) is 4.88 Å². The molecule has 19 heavy (non-hydrogen) atoms. The number of hydrogen-bond donors (Lipinski definition) is 0. The first-order valence-electron chi connectivity index (χ1n) is 6.63. The Kier molecular flexibility index (Phi) is 5.43. The average molecular weight is 275 g/mol. The zero-order valence-electron chi connectivity index (χ0n) is 11.6. The van der Waals surface area contributed by atoms with Crippen LogP contribution in [0.4, 0.5) is 0 Å². The molecule has 0 aliphatic carbocycles. The van der Waals surface area contributed by atoms with E-state index in [9.17, 15) is 0 Å². The third-order valence-electron chi connectivity index (χ3n) is 2.96. The van der Waals surface area contributed by atoms with E-state index in [-0.39, 0.29) is 0 Å². The van der Waals surface area contributed by atoms with Crippen LogP contribution in [-0.4, -0.2) is 25.5 Å². The molecule has 3 heteroatoms. The fraction of sp³-hybridized carbons (Fsp3) is 0.375. The largest absolute Gasteiger partial charge is 0.488 e. The molecule has 0 spiro atoms. The van der Waals surface area contributed by atoms with Crippen molar-refractivity contribution in [1.29, 1.82) is 0 Å². The molecule has 2 aromatic rings. The summed E-state index contributed by atoms with van der Waals surface area (Å²) < 4.78 is 5.75. The molecule has 0 fully saturated rings. The highest BCUT2D eigenvalue weighted by molar-refractivity contribution is 7.09. The Balaban J connectivity index is 1.77. The first-order valence-corrected chi connectivity index (χ1v) is 7.51. The van der Waals surface area contributed by atoms with E-state index < -0.39 is 0 Å². The third-order valence-corrected chi connectivity index (χ3v) is 3.81. The first kappa shape index (κ1) is 14.1. The summed E-state index contributed by atoms with van der Waals surface area (Å²) in [6.07, 6.45) is 2.33. The molecule has 2 nitrogen and oxygen atoms in total. The van der Waals surface area contributed by atoms with Crippen molar-refractivity contribution in [3.63, 3.8) is 0 Å². The van der Waals surface area contributed by atoms with E-state index in [2.05, 4.69) is 60.8 Å². The van der Waals surface area contributed by atoms with Gasteiger partial charge in [-0.3, -0.25) is 0 Å². The van der Waals surface area contributed by atoms with Gasteiger partial charge in [-0.2, -0.15) is 0 Å². The SMILES string of the molecule is CN(C)CCCc1ccc(OCc2cccs2)cc1. The van der Waals surface area contributed by atoms with Crippen LogP contribution in [0.5, 0.6) is 5.75 Å². The van der Waals surface area contributed by atoms with E-state index in [1.165, 1.54) is 16.9 Å². The molecule has 0 radical (unpaired) electrons.